The van der Waals surface area contributed by atoms with Gasteiger partial charge in [0, 0.05) is 41.7 Å². The van der Waals surface area contributed by atoms with Crippen LogP contribution in [0, 0.1) is 0 Å². The molecule has 0 aromatic heterocycles. The zero-order chi connectivity index (χ0) is 103. The predicted molar refractivity (Wildman–Crippen MR) is 424 cm³/mol. The normalized spacial score (nSPS) is 45.9. The molecule has 0 saturated carbocycles. The van der Waals surface area contributed by atoms with Gasteiger partial charge in [-0.05, 0) is 0 Å². The van der Waals surface area contributed by atoms with Crippen LogP contribution in [-0.2, 0) is 138 Å². The van der Waals surface area contributed by atoms with Crippen molar-refractivity contribution < 1.29 is 279 Å². The Morgan fingerprint density at radius 1 is 0.331 bits per heavy atom. The number of carbonyl (C=O) groups excluding carboxylic acids is 7. The molecular weight excluding hydrogens is 1910 g/mol. The lowest BCUT2D eigenvalue weighted by atomic mass is 9.91. The van der Waals surface area contributed by atoms with Gasteiger partial charge in [0.25, 0.3) is 12.9 Å². The van der Waals surface area contributed by atoms with Crippen LogP contribution >= 0.6 is 0 Å². The zero-order valence-electron chi connectivity index (χ0n) is 74.7. The first-order valence-corrected chi connectivity index (χ1v) is 43.7. The first kappa shape index (κ1) is 115. The standard InChI is InChI=1S/C77H125F2N5O55/c1-21(96)80-38-28(101)7-76(120-19-94,136-61(38)43(103)26(78)9-85)138-64-47(107)32(13-89)122-72(56(64)116)131-59-35(16-92)127-69(41(51(59)111)83-24(4)99)134-66-53(113)45(105)30(11-87)124-74(66)119-18-37-49(109)63(55(115)71(129-37)130-58-34(15-91)126-68(118-6)40(50(58)110)82-23(3)98)133-75-67(54(114)46(106)31(12-88)125-75)135-70-42(84-25(5)100)52(112)60(36(17-93)128-70)132-73-57(117)65(48(108)33(14-90)123-73)139-77(121-20-95)8-29(102)39(81-22(2)97)62(137-77)44(104)27(79)10-86/h19-20,26-75,85-93,101-117H,7-18H2,1-6H3,(H,80,96)(H,81,97)(H,82,98)(H,83,99)(H,84,100)/t26-,27-,28?,29?,30?,31?,32?,33?,34?,35?,36?,37?,38?,39?,40?,41?,42?,43+,44+,45?,46?,47?,48?,49?,50?,51?,52?,53?,54?,55?,56?,57?,58?,59?,60?,61?,62?,63?,64?,65?,66?,67?,68?,69?,70?,71?,72?,73?,74?,75?,76?,77?/m0/s1. The average Bonchev–Trinajstić information content (AvgIpc) is 0.758. The third-order valence-electron chi connectivity index (χ3n) is 24.7. The molecule has 0 aromatic rings. The van der Waals surface area contributed by atoms with Crippen LogP contribution in [0.1, 0.15) is 47.5 Å². The molecule has 52 atom stereocenters. The highest BCUT2D eigenvalue weighted by atomic mass is 19.1. The van der Waals surface area contributed by atoms with Crippen molar-refractivity contribution in [2.24, 2.45) is 0 Å². The van der Waals surface area contributed by atoms with Crippen LogP contribution in [0.25, 0.3) is 0 Å². The number of hydrogen-bond acceptors (Lipinski definition) is 55. The number of amides is 5. The number of aliphatic hydroxyl groups is 26. The average molecular weight is 2040 g/mol. The van der Waals surface area contributed by atoms with E-state index in [1.165, 1.54) is 0 Å². The monoisotopic (exact) mass is 2040 g/mol. The first-order valence-electron chi connectivity index (χ1n) is 43.7. The van der Waals surface area contributed by atoms with Crippen LogP contribution in [0.4, 0.5) is 8.78 Å². The number of aliphatic hydroxyl groups excluding tert-OH is 26. The topological polar surface area (TPSA) is 909 Å². The molecule has 10 heterocycles. The molecule has 0 spiro atoms. The highest BCUT2D eigenvalue weighted by Crippen LogP contribution is 2.45. The second-order valence-corrected chi connectivity index (χ2v) is 34.3. The molecule has 0 aromatic carbocycles. The number of nitrogens with one attached hydrogen (secondary N) is 5. The third-order valence-corrected chi connectivity index (χ3v) is 24.7. The Kier molecular flexibility index (Phi) is 42.0. The van der Waals surface area contributed by atoms with Gasteiger partial charge in [0.15, 0.2) is 62.7 Å². The van der Waals surface area contributed by atoms with Gasteiger partial charge in [-0.15, -0.1) is 0 Å². The maximum atomic E-state index is 15.1. The Bertz CT molecular complexity index is 3890. The lowest BCUT2D eigenvalue weighted by Gasteiger charge is -2.51. The van der Waals surface area contributed by atoms with E-state index in [1.807, 2.05) is 0 Å². The number of carbonyl (C=O) groups is 7. The minimum atomic E-state index is -3.12. The molecule has 62 heteroatoms. The minimum Gasteiger partial charge on any atom is -0.410 e. The molecule has 31 N–H and O–H groups in total. The van der Waals surface area contributed by atoms with Gasteiger partial charge in [-0.1, -0.05) is 0 Å². The van der Waals surface area contributed by atoms with Crippen LogP contribution < -0.4 is 26.6 Å². The van der Waals surface area contributed by atoms with Crippen molar-refractivity contribution in [1.82, 2.24) is 26.6 Å². The molecular formula is C77H125F2N5O55. The Balaban J connectivity index is 0.935. The molecule has 5 amide bonds. The van der Waals surface area contributed by atoms with Crippen molar-refractivity contribution in [2.75, 3.05) is 73.2 Å². The predicted octanol–water partition coefficient (Wildman–Crippen LogP) is -21.0. The van der Waals surface area contributed by atoms with Crippen molar-refractivity contribution in [1.29, 1.82) is 0 Å². The van der Waals surface area contributed by atoms with Crippen molar-refractivity contribution in [2.45, 2.75) is 366 Å². The van der Waals surface area contributed by atoms with Crippen LogP contribution in [-0.4, -0.2) is 567 Å². The Labute approximate surface area is 785 Å². The molecule has 10 aliphatic rings. The molecule has 139 heavy (non-hydrogen) atoms. The number of ether oxygens (including phenoxy) is 22. The van der Waals surface area contributed by atoms with Gasteiger partial charge in [-0.2, -0.15) is 0 Å². The van der Waals surface area contributed by atoms with Gasteiger partial charge in [-0.3, -0.25) is 33.6 Å². The van der Waals surface area contributed by atoms with E-state index in [-0.39, 0.29) is 12.9 Å². The molecule has 0 radical (unpaired) electrons. The first-order chi connectivity index (χ1) is 65.8. The quantitative estimate of drug-likeness (QED) is 0.0199. The summed E-state index contributed by atoms with van der Waals surface area (Å²) in [5, 5.41) is 307. The fraction of sp³-hybridized carbons (Fsp3) is 0.909. The number of hydrogen-bond donors (Lipinski definition) is 31. The number of halogens is 2. The van der Waals surface area contributed by atoms with Crippen LogP contribution in [0.2, 0.25) is 0 Å². The SMILES string of the molecule is COC1OC(CO)C(OC2OC(COC3OC(CO)C(O)C(O)C3OC3OC(CO)C(OC4OC(CO)C(O)C(OC5(OC=O)CC(O)C(NC(C)=O)C([C@H](O)[C@@H](F)CO)O5)C4O)C(O)C3NC(C)=O)C(O)C(OC3OC(CO)C(O)C(O)C3OC3OC(CO)C(OC4OC(CO)C(O)C(OC5(OC=O)CC(O)C(NC(C)=O)C([C@H](O)[C@@H](F)CO)O5)C4O)C(O)C3NC(C)=O)C2O)C(O)C1NC(C)=O. The molecule has 802 valence electrons. The van der Waals surface area contributed by atoms with Gasteiger partial charge in [0.2, 0.25) is 29.5 Å². The smallest absolute Gasteiger partial charge is 0.332 e. The summed E-state index contributed by atoms with van der Waals surface area (Å²) in [5.74, 6) is -10.9. The Hall–Kier alpha value is -5.69. The number of rotatable bonds is 42. The Morgan fingerprint density at radius 2 is 0.604 bits per heavy atom. The van der Waals surface area contributed by atoms with Crippen molar-refractivity contribution in [3.8, 4) is 0 Å². The summed E-state index contributed by atoms with van der Waals surface area (Å²) >= 11 is 0. The number of methoxy groups -OCH3 is 1. The number of alkyl halides is 2. The summed E-state index contributed by atoms with van der Waals surface area (Å²) in [6.45, 7) is -8.65. The molecule has 0 aliphatic carbocycles. The van der Waals surface area contributed by atoms with Crippen LogP contribution in [0.15, 0.2) is 0 Å². The van der Waals surface area contributed by atoms with Crippen molar-refractivity contribution >= 4 is 42.5 Å². The molecule has 10 aliphatic heterocycles. The van der Waals surface area contributed by atoms with E-state index >= 15 is 8.78 Å². The molecule has 60 nitrogen and oxygen atoms in total. The van der Waals surface area contributed by atoms with Crippen molar-refractivity contribution in [3.63, 3.8) is 0 Å². The minimum absolute atomic E-state index is 0.356. The maximum Gasteiger partial charge on any atom is 0.332 e. The van der Waals surface area contributed by atoms with Gasteiger partial charge in [0.05, 0.1) is 103 Å². The van der Waals surface area contributed by atoms with E-state index in [0.717, 1.165) is 41.7 Å². The molecule has 48 unspecified atom stereocenters. The summed E-state index contributed by atoms with van der Waals surface area (Å²) in [7, 11) is 1.08. The van der Waals surface area contributed by atoms with Gasteiger partial charge in [0.1, 0.15) is 220 Å². The molecule has 10 rings (SSSR count). The summed E-state index contributed by atoms with van der Waals surface area (Å²) in [4.78, 5) is 88.0. The second kappa shape index (κ2) is 50.6. The van der Waals surface area contributed by atoms with Gasteiger partial charge >= 0.3 is 11.9 Å². The highest BCUT2D eigenvalue weighted by molar-refractivity contribution is 5.75. The molecule has 10 saturated heterocycles. The summed E-state index contributed by atoms with van der Waals surface area (Å²) in [6.07, 6.45) is -104. The van der Waals surface area contributed by atoms with E-state index in [2.05, 4.69) is 26.6 Å². The van der Waals surface area contributed by atoms with Crippen LogP contribution in [0.5, 0.6) is 0 Å². The summed E-state index contributed by atoms with van der Waals surface area (Å²) < 4.78 is 159. The molecule has 10 fully saturated rings. The Morgan fingerprint density at radius 3 is 0.935 bits per heavy atom. The van der Waals surface area contributed by atoms with E-state index < -0.39 is 427 Å². The third kappa shape index (κ3) is 26.1. The van der Waals surface area contributed by atoms with Crippen molar-refractivity contribution in [3.05, 3.63) is 0 Å². The lowest BCUT2D eigenvalue weighted by Crippen LogP contribution is -2.71. The lowest BCUT2D eigenvalue weighted by molar-refractivity contribution is -0.445. The van der Waals surface area contributed by atoms with E-state index in [9.17, 15) is 166 Å². The highest BCUT2D eigenvalue weighted by Gasteiger charge is 2.65. The van der Waals surface area contributed by atoms with E-state index in [0.29, 0.717) is 0 Å². The van der Waals surface area contributed by atoms with Gasteiger partial charge < -0.3 is 264 Å². The van der Waals surface area contributed by atoms with Gasteiger partial charge in [-0.25, -0.2) is 8.78 Å². The second-order valence-electron chi connectivity index (χ2n) is 34.3. The van der Waals surface area contributed by atoms with E-state index in [4.69, 9.17) is 104 Å². The fourth-order valence-corrected chi connectivity index (χ4v) is 17.8. The largest absolute Gasteiger partial charge is 0.410 e. The maximum absolute atomic E-state index is 15.1. The fourth-order valence-electron chi connectivity index (χ4n) is 17.8. The van der Waals surface area contributed by atoms with E-state index in [1.54, 1.807) is 0 Å². The summed E-state index contributed by atoms with van der Waals surface area (Å²) in [6, 6.07) is -9.35. The summed E-state index contributed by atoms with van der Waals surface area (Å²) in [5.41, 5.74) is 0. The van der Waals surface area contributed by atoms with Crippen LogP contribution in [0.3, 0.4) is 0 Å². The zero-order valence-corrected chi connectivity index (χ0v) is 74.7. The molecule has 0 bridgehead atoms.